The van der Waals surface area contributed by atoms with Gasteiger partial charge in [0.05, 0.1) is 5.56 Å². The van der Waals surface area contributed by atoms with E-state index in [0.29, 0.717) is 31.5 Å². The lowest BCUT2D eigenvalue weighted by molar-refractivity contribution is -0.123. The van der Waals surface area contributed by atoms with Gasteiger partial charge >= 0.3 is 0 Å². The van der Waals surface area contributed by atoms with Crippen LogP contribution in [0.25, 0.3) is 0 Å². The molecule has 0 saturated carbocycles. The molecule has 0 bridgehead atoms. The molecule has 2 fully saturated rings. The van der Waals surface area contributed by atoms with E-state index in [1.165, 1.54) is 12.8 Å². The monoisotopic (exact) mass is 330 g/mol. The minimum Gasteiger partial charge on any atom is -0.369 e. The lowest BCUT2D eigenvalue weighted by atomic mass is 9.96. The number of hydrogen-bond acceptors (Lipinski definition) is 4. The van der Waals surface area contributed by atoms with E-state index in [9.17, 15) is 9.59 Å². The van der Waals surface area contributed by atoms with Gasteiger partial charge in [-0.25, -0.2) is 4.98 Å². The second-order valence-corrected chi connectivity index (χ2v) is 6.74. The van der Waals surface area contributed by atoms with Gasteiger partial charge in [0.1, 0.15) is 5.82 Å². The smallest absolute Gasteiger partial charge is 0.257 e. The molecule has 1 aromatic heterocycles. The molecule has 0 spiro atoms. The maximum atomic E-state index is 13.0. The molecule has 0 unspecified atom stereocenters. The molecule has 2 aliphatic rings. The Morgan fingerprint density at radius 2 is 1.71 bits per heavy atom. The first-order valence-electron chi connectivity index (χ1n) is 8.95. The van der Waals surface area contributed by atoms with Crippen LogP contribution in [0.15, 0.2) is 18.3 Å². The summed E-state index contributed by atoms with van der Waals surface area (Å²) in [5.41, 5.74) is 6.05. The zero-order valence-electron chi connectivity index (χ0n) is 14.1. The van der Waals surface area contributed by atoms with Gasteiger partial charge in [0, 0.05) is 38.3 Å². The molecule has 2 amide bonds. The quantitative estimate of drug-likeness (QED) is 0.916. The summed E-state index contributed by atoms with van der Waals surface area (Å²) in [6.07, 6.45) is 7.85. The predicted molar refractivity (Wildman–Crippen MR) is 92.7 cm³/mol. The van der Waals surface area contributed by atoms with Crippen molar-refractivity contribution in [2.45, 2.75) is 38.5 Å². The molecule has 130 valence electrons. The number of likely N-dealkylation sites (tertiary alicyclic amines) is 1. The summed E-state index contributed by atoms with van der Waals surface area (Å²) < 4.78 is 0. The summed E-state index contributed by atoms with van der Waals surface area (Å²) in [5, 5.41) is 0. The highest BCUT2D eigenvalue weighted by atomic mass is 16.2. The Hall–Kier alpha value is -2.11. The number of rotatable bonds is 3. The van der Waals surface area contributed by atoms with Crippen LogP contribution >= 0.6 is 0 Å². The van der Waals surface area contributed by atoms with Gasteiger partial charge in [0.2, 0.25) is 5.91 Å². The fraction of sp³-hybridized carbons (Fsp3) is 0.611. The van der Waals surface area contributed by atoms with E-state index in [-0.39, 0.29) is 17.7 Å². The molecule has 0 aromatic carbocycles. The number of nitrogens with zero attached hydrogens (tertiary/aromatic N) is 3. The summed E-state index contributed by atoms with van der Waals surface area (Å²) in [5.74, 6) is 0.466. The minimum absolute atomic E-state index is 0.0188. The molecule has 2 N–H and O–H groups in total. The summed E-state index contributed by atoms with van der Waals surface area (Å²) >= 11 is 0. The van der Waals surface area contributed by atoms with Crippen molar-refractivity contribution in [2.24, 2.45) is 11.7 Å². The Kier molecular flexibility index (Phi) is 5.33. The SMILES string of the molecule is NC(=O)C1CCN(C(=O)c2cccnc2N2CCCCCC2)CC1. The number of anilines is 1. The van der Waals surface area contributed by atoms with Gasteiger partial charge in [0.15, 0.2) is 0 Å². The standard InChI is InChI=1S/C18H26N4O2/c19-16(23)14-7-12-22(13-8-14)18(24)15-6-5-9-20-17(15)21-10-3-1-2-4-11-21/h5-6,9,14H,1-4,7-8,10-13H2,(H2,19,23). The first-order valence-corrected chi connectivity index (χ1v) is 8.95. The van der Waals surface area contributed by atoms with Crippen LogP contribution in [0.4, 0.5) is 5.82 Å². The average Bonchev–Trinajstić information content (AvgIpc) is 2.90. The molecule has 2 saturated heterocycles. The molecule has 6 heteroatoms. The third-order valence-electron chi connectivity index (χ3n) is 5.11. The van der Waals surface area contributed by atoms with E-state index >= 15 is 0 Å². The fourth-order valence-electron chi connectivity index (χ4n) is 3.64. The summed E-state index contributed by atoms with van der Waals surface area (Å²) in [6, 6.07) is 3.69. The van der Waals surface area contributed by atoms with Crippen LogP contribution in [-0.4, -0.2) is 47.9 Å². The summed E-state index contributed by atoms with van der Waals surface area (Å²) in [6.45, 7) is 3.09. The van der Waals surface area contributed by atoms with Crippen molar-refractivity contribution in [1.82, 2.24) is 9.88 Å². The Morgan fingerprint density at radius 1 is 1.04 bits per heavy atom. The minimum atomic E-state index is -0.256. The molecule has 2 aliphatic heterocycles. The van der Waals surface area contributed by atoms with Gasteiger partial charge in [-0.15, -0.1) is 0 Å². The highest BCUT2D eigenvalue weighted by Crippen LogP contribution is 2.25. The predicted octanol–water partition coefficient (Wildman–Crippen LogP) is 1.80. The maximum Gasteiger partial charge on any atom is 0.257 e. The highest BCUT2D eigenvalue weighted by Gasteiger charge is 2.28. The van der Waals surface area contributed by atoms with Crippen LogP contribution < -0.4 is 10.6 Å². The number of nitrogens with two attached hydrogens (primary N) is 1. The average molecular weight is 330 g/mol. The van der Waals surface area contributed by atoms with Crippen molar-refractivity contribution in [3.05, 3.63) is 23.9 Å². The molecule has 24 heavy (non-hydrogen) atoms. The highest BCUT2D eigenvalue weighted by molar-refractivity contribution is 5.99. The van der Waals surface area contributed by atoms with Crippen LogP contribution in [-0.2, 0) is 4.79 Å². The van der Waals surface area contributed by atoms with Crippen molar-refractivity contribution in [1.29, 1.82) is 0 Å². The van der Waals surface area contributed by atoms with E-state index in [1.807, 2.05) is 17.0 Å². The zero-order valence-corrected chi connectivity index (χ0v) is 14.1. The van der Waals surface area contributed by atoms with Crippen LogP contribution in [0.5, 0.6) is 0 Å². The third kappa shape index (κ3) is 3.68. The number of piperidine rings is 1. The number of hydrogen-bond donors (Lipinski definition) is 1. The van der Waals surface area contributed by atoms with E-state index in [4.69, 9.17) is 5.73 Å². The third-order valence-corrected chi connectivity index (χ3v) is 5.11. The van der Waals surface area contributed by atoms with Crippen molar-refractivity contribution >= 4 is 17.6 Å². The van der Waals surface area contributed by atoms with Gasteiger partial charge in [-0.1, -0.05) is 12.8 Å². The van der Waals surface area contributed by atoms with Gasteiger partial charge in [0.25, 0.3) is 5.91 Å². The summed E-state index contributed by atoms with van der Waals surface area (Å²) in [4.78, 5) is 32.8. The number of carbonyl (C=O) groups is 2. The van der Waals surface area contributed by atoms with E-state index < -0.39 is 0 Å². The van der Waals surface area contributed by atoms with Crippen LogP contribution in [0.3, 0.4) is 0 Å². The van der Waals surface area contributed by atoms with Crippen LogP contribution in [0, 0.1) is 5.92 Å². The molecule has 1 aromatic rings. The molecular weight excluding hydrogens is 304 g/mol. The Morgan fingerprint density at radius 3 is 2.33 bits per heavy atom. The van der Waals surface area contributed by atoms with Crippen molar-refractivity contribution in [2.75, 3.05) is 31.1 Å². The van der Waals surface area contributed by atoms with E-state index in [0.717, 1.165) is 31.7 Å². The van der Waals surface area contributed by atoms with Crippen molar-refractivity contribution in [3.63, 3.8) is 0 Å². The Bertz CT molecular complexity index is 588. The van der Waals surface area contributed by atoms with Crippen LogP contribution in [0.2, 0.25) is 0 Å². The zero-order chi connectivity index (χ0) is 16.9. The number of carbonyl (C=O) groups excluding carboxylic acids is 2. The first-order chi connectivity index (χ1) is 11.7. The number of aromatic nitrogens is 1. The molecule has 0 atom stereocenters. The van der Waals surface area contributed by atoms with Crippen molar-refractivity contribution < 1.29 is 9.59 Å². The molecule has 0 radical (unpaired) electrons. The largest absolute Gasteiger partial charge is 0.369 e. The molecule has 3 heterocycles. The Labute approximate surface area is 143 Å². The van der Waals surface area contributed by atoms with Gasteiger partial charge < -0.3 is 15.5 Å². The van der Waals surface area contributed by atoms with Crippen molar-refractivity contribution in [3.8, 4) is 0 Å². The lowest BCUT2D eigenvalue weighted by Gasteiger charge is -2.32. The van der Waals surface area contributed by atoms with E-state index in [2.05, 4.69) is 9.88 Å². The number of amides is 2. The van der Waals surface area contributed by atoms with E-state index in [1.54, 1.807) is 6.20 Å². The van der Waals surface area contributed by atoms with Gasteiger partial charge in [-0.05, 0) is 37.8 Å². The lowest BCUT2D eigenvalue weighted by Crippen LogP contribution is -2.42. The molecule has 6 nitrogen and oxygen atoms in total. The molecular formula is C18H26N4O2. The topological polar surface area (TPSA) is 79.5 Å². The second kappa shape index (κ2) is 7.64. The van der Waals surface area contributed by atoms with Gasteiger partial charge in [-0.3, -0.25) is 9.59 Å². The van der Waals surface area contributed by atoms with Crippen LogP contribution in [0.1, 0.15) is 48.9 Å². The molecule has 0 aliphatic carbocycles. The maximum absolute atomic E-state index is 13.0. The first kappa shape index (κ1) is 16.7. The number of primary amides is 1. The number of pyridine rings is 1. The summed E-state index contributed by atoms with van der Waals surface area (Å²) in [7, 11) is 0. The fourth-order valence-corrected chi connectivity index (χ4v) is 3.64. The normalized spacial score (nSPS) is 19.8. The Balaban J connectivity index is 1.74. The second-order valence-electron chi connectivity index (χ2n) is 6.74. The van der Waals surface area contributed by atoms with Gasteiger partial charge in [-0.2, -0.15) is 0 Å². The molecule has 3 rings (SSSR count).